The van der Waals surface area contributed by atoms with Crippen LogP contribution < -0.4 is 0 Å². The maximum absolute atomic E-state index is 11.4. The predicted molar refractivity (Wildman–Crippen MR) is 62.2 cm³/mol. The number of likely N-dealkylation sites (N-methyl/N-ethyl adjacent to an activating group) is 1. The maximum atomic E-state index is 11.4. The Hall–Kier alpha value is -1.09. The molecule has 0 saturated heterocycles. The summed E-state index contributed by atoms with van der Waals surface area (Å²) in [5.74, 6) is -0.118. The van der Waals surface area contributed by atoms with Crippen molar-refractivity contribution in [2.24, 2.45) is 0 Å². The van der Waals surface area contributed by atoms with Crippen LogP contribution in [-0.4, -0.2) is 25.1 Å². The van der Waals surface area contributed by atoms with Crippen LogP contribution in [0.4, 0.5) is 0 Å². The van der Waals surface area contributed by atoms with E-state index in [2.05, 4.69) is 19.9 Å². The Morgan fingerprint density at radius 1 is 1.33 bits per heavy atom. The second kappa shape index (κ2) is 7.23. The van der Waals surface area contributed by atoms with E-state index in [1.165, 1.54) is 17.7 Å². The zero-order valence-electron chi connectivity index (χ0n) is 10.3. The van der Waals surface area contributed by atoms with Gasteiger partial charge in [0.1, 0.15) is 0 Å². The molecule has 0 saturated carbocycles. The van der Waals surface area contributed by atoms with Crippen molar-refractivity contribution >= 4 is 5.91 Å². The van der Waals surface area contributed by atoms with Crippen molar-refractivity contribution in [3.63, 3.8) is 0 Å². The second-order valence-electron chi connectivity index (χ2n) is 3.83. The predicted octanol–water partition coefficient (Wildman–Crippen LogP) is 2.70. The average molecular weight is 211 g/mol. The third-order valence-corrected chi connectivity index (χ3v) is 2.05. The summed E-state index contributed by atoms with van der Waals surface area (Å²) in [6.07, 6.45) is 5.67. The minimum absolute atomic E-state index is 0.118. The van der Waals surface area contributed by atoms with Crippen LogP contribution in [0.25, 0.3) is 0 Å². The minimum Gasteiger partial charge on any atom is -0.274 e. The summed E-state index contributed by atoms with van der Waals surface area (Å²) in [6.45, 7) is 6.10. The Bertz CT molecular complexity index is 263. The highest BCUT2D eigenvalue weighted by Gasteiger charge is 2.03. The van der Waals surface area contributed by atoms with Crippen LogP contribution in [0.15, 0.2) is 23.3 Å². The molecule has 3 heteroatoms. The molecule has 0 unspecified atom stereocenters. The molecular weight excluding hydrogens is 190 g/mol. The van der Waals surface area contributed by atoms with E-state index in [0.717, 1.165) is 18.4 Å². The van der Waals surface area contributed by atoms with Crippen LogP contribution in [0.1, 0.15) is 33.6 Å². The fraction of sp³-hybridized carbons (Fsp3) is 0.583. The summed E-state index contributed by atoms with van der Waals surface area (Å²) >= 11 is 0. The van der Waals surface area contributed by atoms with Crippen LogP contribution in [0.5, 0.6) is 0 Å². The zero-order chi connectivity index (χ0) is 11.8. The van der Waals surface area contributed by atoms with Crippen molar-refractivity contribution in [1.29, 1.82) is 0 Å². The lowest BCUT2D eigenvalue weighted by Crippen LogP contribution is -2.23. The standard InChI is InChI=1S/C12H21NO2/c1-10(2)7-6-8-11(3)9-12(14)13(4)15-5/h7,9H,6,8H2,1-5H3. The highest BCUT2D eigenvalue weighted by atomic mass is 16.7. The molecule has 0 N–H and O–H groups in total. The Morgan fingerprint density at radius 3 is 2.40 bits per heavy atom. The summed E-state index contributed by atoms with van der Waals surface area (Å²) in [6, 6.07) is 0. The molecule has 0 aliphatic rings. The first-order valence-electron chi connectivity index (χ1n) is 5.09. The Labute approximate surface area is 92.4 Å². The Balaban J connectivity index is 4.09. The van der Waals surface area contributed by atoms with Crippen LogP contribution in [0.2, 0.25) is 0 Å². The van der Waals surface area contributed by atoms with E-state index in [1.54, 1.807) is 13.1 Å². The van der Waals surface area contributed by atoms with Crippen molar-refractivity contribution in [2.45, 2.75) is 33.6 Å². The van der Waals surface area contributed by atoms with E-state index in [1.807, 2.05) is 6.92 Å². The summed E-state index contributed by atoms with van der Waals surface area (Å²) in [4.78, 5) is 16.2. The van der Waals surface area contributed by atoms with Gasteiger partial charge in [0.15, 0.2) is 0 Å². The summed E-state index contributed by atoms with van der Waals surface area (Å²) in [5, 5.41) is 1.21. The van der Waals surface area contributed by atoms with Gasteiger partial charge in [-0.3, -0.25) is 9.63 Å². The van der Waals surface area contributed by atoms with E-state index in [0.29, 0.717) is 0 Å². The number of nitrogens with zero attached hydrogens (tertiary/aromatic N) is 1. The van der Waals surface area contributed by atoms with Gasteiger partial charge in [-0.1, -0.05) is 17.2 Å². The maximum Gasteiger partial charge on any atom is 0.269 e. The lowest BCUT2D eigenvalue weighted by molar-refractivity contribution is -0.162. The lowest BCUT2D eigenvalue weighted by atomic mass is 10.1. The summed E-state index contributed by atoms with van der Waals surface area (Å²) in [7, 11) is 3.08. The molecule has 0 aromatic heterocycles. The van der Waals surface area contributed by atoms with Gasteiger partial charge in [0.25, 0.3) is 5.91 Å². The molecule has 0 fully saturated rings. The second-order valence-corrected chi connectivity index (χ2v) is 3.83. The number of hydrogen-bond donors (Lipinski definition) is 0. The van der Waals surface area contributed by atoms with Gasteiger partial charge < -0.3 is 0 Å². The minimum atomic E-state index is -0.118. The smallest absolute Gasteiger partial charge is 0.269 e. The van der Waals surface area contributed by atoms with E-state index < -0.39 is 0 Å². The number of carbonyl (C=O) groups is 1. The van der Waals surface area contributed by atoms with Gasteiger partial charge >= 0.3 is 0 Å². The van der Waals surface area contributed by atoms with Gasteiger partial charge in [0.05, 0.1) is 7.11 Å². The van der Waals surface area contributed by atoms with E-state index in [9.17, 15) is 4.79 Å². The number of hydrogen-bond acceptors (Lipinski definition) is 2. The van der Waals surface area contributed by atoms with Crippen molar-refractivity contribution in [2.75, 3.05) is 14.2 Å². The molecule has 15 heavy (non-hydrogen) atoms. The molecule has 0 aromatic rings. The summed E-state index contributed by atoms with van der Waals surface area (Å²) < 4.78 is 0. The molecule has 0 aliphatic carbocycles. The Kier molecular flexibility index (Phi) is 6.71. The highest BCUT2D eigenvalue weighted by molar-refractivity contribution is 5.87. The molecule has 1 amide bonds. The van der Waals surface area contributed by atoms with Crippen molar-refractivity contribution in [3.05, 3.63) is 23.3 Å². The molecule has 0 atom stereocenters. The fourth-order valence-corrected chi connectivity index (χ4v) is 1.05. The molecule has 86 valence electrons. The third kappa shape index (κ3) is 6.91. The van der Waals surface area contributed by atoms with E-state index in [4.69, 9.17) is 4.84 Å². The van der Waals surface area contributed by atoms with Crippen LogP contribution in [0.3, 0.4) is 0 Å². The molecular formula is C12H21NO2. The SMILES string of the molecule is CON(C)C(=O)C=C(C)CCC=C(C)C. The van der Waals surface area contributed by atoms with Crippen LogP contribution in [-0.2, 0) is 9.63 Å². The number of hydroxylamine groups is 2. The number of amides is 1. The number of rotatable bonds is 5. The summed E-state index contributed by atoms with van der Waals surface area (Å²) in [5.41, 5.74) is 2.38. The number of carbonyl (C=O) groups excluding carboxylic acids is 1. The van der Waals surface area contributed by atoms with E-state index >= 15 is 0 Å². The van der Waals surface area contributed by atoms with Crippen molar-refractivity contribution < 1.29 is 9.63 Å². The van der Waals surface area contributed by atoms with Gasteiger partial charge in [-0.2, -0.15) is 0 Å². The highest BCUT2D eigenvalue weighted by Crippen LogP contribution is 2.07. The van der Waals surface area contributed by atoms with Crippen molar-refractivity contribution in [3.8, 4) is 0 Å². The topological polar surface area (TPSA) is 29.5 Å². The molecule has 0 bridgehead atoms. The molecule has 0 aromatic carbocycles. The largest absolute Gasteiger partial charge is 0.274 e. The zero-order valence-corrected chi connectivity index (χ0v) is 10.3. The van der Waals surface area contributed by atoms with Gasteiger partial charge in [0.2, 0.25) is 0 Å². The fourth-order valence-electron chi connectivity index (χ4n) is 1.05. The first kappa shape index (κ1) is 13.9. The van der Waals surface area contributed by atoms with Crippen LogP contribution >= 0.6 is 0 Å². The first-order chi connectivity index (χ1) is 6.97. The quantitative estimate of drug-likeness (QED) is 0.397. The van der Waals surface area contributed by atoms with Gasteiger partial charge in [-0.25, -0.2) is 5.06 Å². The third-order valence-electron chi connectivity index (χ3n) is 2.05. The average Bonchev–Trinajstić information content (AvgIpc) is 2.15. The molecule has 0 rings (SSSR count). The molecule has 0 radical (unpaired) electrons. The monoisotopic (exact) mass is 211 g/mol. The normalized spacial score (nSPS) is 11.1. The molecule has 0 heterocycles. The van der Waals surface area contributed by atoms with Gasteiger partial charge in [-0.15, -0.1) is 0 Å². The first-order valence-corrected chi connectivity index (χ1v) is 5.09. The van der Waals surface area contributed by atoms with E-state index in [-0.39, 0.29) is 5.91 Å². The number of allylic oxidation sites excluding steroid dienone is 3. The van der Waals surface area contributed by atoms with Crippen molar-refractivity contribution in [1.82, 2.24) is 5.06 Å². The molecule has 0 aliphatic heterocycles. The Morgan fingerprint density at radius 2 is 1.93 bits per heavy atom. The van der Waals surface area contributed by atoms with Crippen LogP contribution in [0, 0.1) is 0 Å². The molecule has 3 nitrogen and oxygen atoms in total. The van der Waals surface area contributed by atoms with Gasteiger partial charge in [0, 0.05) is 13.1 Å². The molecule has 0 spiro atoms. The lowest BCUT2D eigenvalue weighted by Gasteiger charge is -2.11. The van der Waals surface area contributed by atoms with Gasteiger partial charge in [-0.05, 0) is 33.6 Å².